The molecule has 26 heavy (non-hydrogen) atoms. The molecule has 1 unspecified atom stereocenters. The molecular weight excluding hydrogens is 341 g/mol. The second kappa shape index (κ2) is 7.94. The molecule has 5 heteroatoms. The first kappa shape index (κ1) is 21.7. The smallest absolute Gasteiger partial charge is 0.405 e. The molecule has 0 saturated heterocycles. The lowest BCUT2D eigenvalue weighted by molar-refractivity contribution is -0.253. The fourth-order valence-electron chi connectivity index (χ4n) is 2.20. The number of alkyl halides is 3. The van der Waals surface area contributed by atoms with E-state index in [1.807, 2.05) is 37.3 Å². The molecule has 0 fully saturated rings. The quantitative estimate of drug-likeness (QED) is 0.346. The van der Waals surface area contributed by atoms with Crippen molar-refractivity contribution in [1.29, 1.82) is 0 Å². The van der Waals surface area contributed by atoms with Crippen LogP contribution in [0.1, 0.15) is 40.2 Å². The highest BCUT2D eigenvalue weighted by Crippen LogP contribution is 2.51. The predicted octanol–water partition coefficient (Wildman–Crippen LogP) is 6.32. The normalized spacial score (nSPS) is 16.0. The Morgan fingerprint density at radius 1 is 1.04 bits per heavy atom. The first-order valence-corrected chi connectivity index (χ1v) is 8.20. The number of allylic oxidation sites excluding steroid dienone is 4. The van der Waals surface area contributed by atoms with Gasteiger partial charge in [0.15, 0.2) is 5.41 Å². The summed E-state index contributed by atoms with van der Waals surface area (Å²) in [6.45, 7) is 10.3. The average molecular weight is 366 g/mol. The van der Waals surface area contributed by atoms with Crippen molar-refractivity contribution in [3.05, 3.63) is 66.5 Å². The molecule has 1 aromatic rings. The van der Waals surface area contributed by atoms with Gasteiger partial charge in [-0.15, -0.1) is 0 Å². The maximum absolute atomic E-state index is 13.6. The van der Waals surface area contributed by atoms with Crippen LogP contribution in [0.2, 0.25) is 0 Å². The fraction of sp³-hybridized carbons (Fsp3) is 0.381. The van der Waals surface area contributed by atoms with Crippen molar-refractivity contribution in [2.24, 2.45) is 10.8 Å². The highest BCUT2D eigenvalue weighted by Gasteiger charge is 2.64. The van der Waals surface area contributed by atoms with Gasteiger partial charge >= 0.3 is 12.1 Å². The largest absolute Gasteiger partial charge is 0.426 e. The predicted molar refractivity (Wildman–Crippen MR) is 98.1 cm³/mol. The molecule has 0 N–H and O–H groups in total. The topological polar surface area (TPSA) is 26.3 Å². The molecule has 0 spiro atoms. The van der Waals surface area contributed by atoms with Gasteiger partial charge in [-0.05, 0) is 42.6 Å². The zero-order valence-corrected chi connectivity index (χ0v) is 15.8. The van der Waals surface area contributed by atoms with Crippen LogP contribution in [0.3, 0.4) is 0 Å². The average Bonchev–Trinajstić information content (AvgIpc) is 2.55. The Morgan fingerprint density at radius 3 is 2.00 bits per heavy atom. The van der Waals surface area contributed by atoms with Gasteiger partial charge in [0.25, 0.3) is 0 Å². The summed E-state index contributed by atoms with van der Waals surface area (Å²) in [7, 11) is 0. The van der Waals surface area contributed by atoms with Gasteiger partial charge in [-0.1, -0.05) is 63.8 Å². The molecule has 0 amide bonds. The van der Waals surface area contributed by atoms with Crippen LogP contribution in [0.15, 0.2) is 60.9 Å². The van der Waals surface area contributed by atoms with Gasteiger partial charge in [0.05, 0.1) is 0 Å². The molecule has 0 aromatic heterocycles. The van der Waals surface area contributed by atoms with Crippen LogP contribution in [0.4, 0.5) is 13.2 Å². The molecule has 0 heterocycles. The molecular formula is C21H25F3O2. The van der Waals surface area contributed by atoms with Crippen molar-refractivity contribution in [1.82, 2.24) is 0 Å². The van der Waals surface area contributed by atoms with E-state index >= 15 is 0 Å². The second-order valence-electron chi connectivity index (χ2n) is 7.25. The van der Waals surface area contributed by atoms with E-state index in [0.717, 1.165) is 18.1 Å². The third-order valence-electron chi connectivity index (χ3n) is 4.61. The summed E-state index contributed by atoms with van der Waals surface area (Å²) in [6.07, 6.45) is -0.426. The molecule has 0 radical (unpaired) electrons. The van der Waals surface area contributed by atoms with Crippen molar-refractivity contribution in [3.8, 4) is 0 Å². The Morgan fingerprint density at radius 2 is 1.58 bits per heavy atom. The maximum Gasteiger partial charge on any atom is 0.405 e. The standard InChI is InChI=1S/C21H25F3O2/c1-7-17(14-13-15(2)16-11-9-8-10-12-16)26-18(25)20(6,19(3,4)5)21(22,23)24/h7-14H,1H2,2-6H3/b15-13+,17-14+. The van der Waals surface area contributed by atoms with Gasteiger partial charge < -0.3 is 4.74 Å². The van der Waals surface area contributed by atoms with Crippen LogP contribution in [-0.2, 0) is 9.53 Å². The maximum atomic E-state index is 13.6. The van der Waals surface area contributed by atoms with Gasteiger partial charge in [0.2, 0.25) is 0 Å². The molecule has 0 bridgehead atoms. The summed E-state index contributed by atoms with van der Waals surface area (Å²) < 4.78 is 45.8. The Bertz CT molecular complexity index is 691. The highest BCUT2D eigenvalue weighted by atomic mass is 19.4. The first-order valence-electron chi connectivity index (χ1n) is 8.20. The number of esters is 1. The number of hydrogen-bond acceptors (Lipinski definition) is 2. The zero-order chi connectivity index (χ0) is 20.2. The summed E-state index contributed by atoms with van der Waals surface area (Å²) in [5, 5.41) is 0. The van der Waals surface area contributed by atoms with Gasteiger partial charge in [0, 0.05) is 0 Å². The van der Waals surface area contributed by atoms with E-state index in [0.29, 0.717) is 0 Å². The van der Waals surface area contributed by atoms with Gasteiger partial charge in [-0.25, -0.2) is 0 Å². The third-order valence-corrected chi connectivity index (χ3v) is 4.61. The molecule has 0 saturated carbocycles. The number of halogens is 3. The van der Waals surface area contributed by atoms with E-state index in [-0.39, 0.29) is 5.76 Å². The van der Waals surface area contributed by atoms with Crippen LogP contribution < -0.4 is 0 Å². The van der Waals surface area contributed by atoms with Gasteiger partial charge in [-0.3, -0.25) is 4.79 Å². The summed E-state index contributed by atoms with van der Waals surface area (Å²) in [4.78, 5) is 12.4. The Hall–Kier alpha value is -2.30. The summed E-state index contributed by atoms with van der Waals surface area (Å²) >= 11 is 0. The number of carbonyl (C=O) groups is 1. The Balaban J connectivity index is 3.13. The molecule has 1 rings (SSSR count). The number of benzene rings is 1. The lowest BCUT2D eigenvalue weighted by Gasteiger charge is -2.40. The van der Waals surface area contributed by atoms with Crippen molar-refractivity contribution in [2.75, 3.05) is 0 Å². The van der Waals surface area contributed by atoms with Crippen molar-refractivity contribution >= 4 is 11.5 Å². The van der Waals surface area contributed by atoms with E-state index in [9.17, 15) is 18.0 Å². The highest BCUT2D eigenvalue weighted by molar-refractivity contribution is 5.79. The number of hydrogen-bond donors (Lipinski definition) is 0. The van der Waals surface area contributed by atoms with E-state index in [4.69, 9.17) is 4.74 Å². The van der Waals surface area contributed by atoms with E-state index in [1.165, 1.54) is 32.9 Å². The number of rotatable bonds is 5. The van der Waals surface area contributed by atoms with E-state index in [1.54, 1.807) is 6.08 Å². The van der Waals surface area contributed by atoms with E-state index < -0.39 is 23.0 Å². The first-order chi connectivity index (χ1) is 11.8. The fourth-order valence-corrected chi connectivity index (χ4v) is 2.20. The van der Waals surface area contributed by atoms with Crippen LogP contribution in [-0.4, -0.2) is 12.1 Å². The molecule has 2 nitrogen and oxygen atoms in total. The Labute approximate surface area is 153 Å². The minimum absolute atomic E-state index is 0.0370. The Kier molecular flexibility index (Phi) is 6.64. The van der Waals surface area contributed by atoms with Crippen LogP contribution >= 0.6 is 0 Å². The summed E-state index contributed by atoms with van der Waals surface area (Å²) in [5.74, 6) is -1.39. The lowest BCUT2D eigenvalue weighted by Crippen LogP contribution is -2.52. The molecule has 1 atom stereocenters. The summed E-state index contributed by atoms with van der Waals surface area (Å²) in [6, 6.07) is 9.44. The van der Waals surface area contributed by atoms with Gasteiger partial charge in [0.1, 0.15) is 5.76 Å². The van der Waals surface area contributed by atoms with Crippen LogP contribution in [0.25, 0.3) is 5.57 Å². The summed E-state index contributed by atoms with van der Waals surface area (Å²) in [5.41, 5.74) is -2.20. The third kappa shape index (κ3) is 4.65. The minimum atomic E-state index is -4.75. The van der Waals surface area contributed by atoms with Crippen molar-refractivity contribution in [2.45, 2.75) is 40.8 Å². The number of carbonyl (C=O) groups excluding carboxylic acids is 1. The minimum Gasteiger partial charge on any atom is -0.426 e. The van der Waals surface area contributed by atoms with Crippen LogP contribution in [0.5, 0.6) is 0 Å². The molecule has 0 aliphatic heterocycles. The SMILES string of the molecule is C=C/C(=C\C=C(/C)c1ccccc1)OC(=O)C(C)(C(C)(C)C)C(F)(F)F. The van der Waals surface area contributed by atoms with Crippen LogP contribution in [0, 0.1) is 10.8 Å². The molecule has 142 valence electrons. The molecule has 1 aromatic carbocycles. The lowest BCUT2D eigenvalue weighted by atomic mass is 9.67. The van der Waals surface area contributed by atoms with Crippen molar-refractivity contribution in [3.63, 3.8) is 0 Å². The zero-order valence-electron chi connectivity index (χ0n) is 15.8. The van der Waals surface area contributed by atoms with Gasteiger partial charge in [-0.2, -0.15) is 13.2 Å². The monoisotopic (exact) mass is 366 g/mol. The number of ether oxygens (including phenoxy) is 1. The van der Waals surface area contributed by atoms with Crippen molar-refractivity contribution < 1.29 is 22.7 Å². The molecule has 0 aliphatic rings. The second-order valence-corrected chi connectivity index (χ2v) is 7.25. The van der Waals surface area contributed by atoms with E-state index in [2.05, 4.69) is 6.58 Å². The molecule has 0 aliphatic carbocycles.